The molecule has 0 fully saturated rings. The maximum atomic E-state index is 11.3. The quantitative estimate of drug-likeness (QED) is 0.662. The molecule has 0 spiro atoms. The monoisotopic (exact) mass is 332 g/mol. The van der Waals surface area contributed by atoms with Crippen molar-refractivity contribution in [3.8, 4) is 0 Å². The molecular formula is C12H13BrO4S. The Labute approximate surface area is 118 Å². The van der Waals surface area contributed by atoms with E-state index in [0.29, 0.717) is 4.47 Å². The summed E-state index contributed by atoms with van der Waals surface area (Å²) in [5.74, 6) is -1.15. The SMILES string of the molecule is CC(C)OC(=O)CSc1ccc(Br)c(C(=O)O)c1. The van der Waals surface area contributed by atoms with Crippen LogP contribution in [0.25, 0.3) is 0 Å². The van der Waals surface area contributed by atoms with Crippen LogP contribution in [0.3, 0.4) is 0 Å². The molecule has 4 nitrogen and oxygen atoms in total. The Morgan fingerprint density at radius 2 is 2.11 bits per heavy atom. The highest BCUT2D eigenvalue weighted by Crippen LogP contribution is 2.25. The van der Waals surface area contributed by atoms with Gasteiger partial charge in [-0.25, -0.2) is 4.79 Å². The molecule has 0 bridgehead atoms. The van der Waals surface area contributed by atoms with Crippen LogP contribution in [0.1, 0.15) is 24.2 Å². The van der Waals surface area contributed by atoms with Crippen molar-refractivity contribution >= 4 is 39.6 Å². The largest absolute Gasteiger partial charge is 0.478 e. The Kier molecular flexibility index (Phi) is 5.68. The Morgan fingerprint density at radius 1 is 1.44 bits per heavy atom. The Hall–Kier alpha value is -1.01. The molecule has 0 saturated heterocycles. The number of aromatic carboxylic acids is 1. The summed E-state index contributed by atoms with van der Waals surface area (Å²) in [5.41, 5.74) is 0.178. The second kappa shape index (κ2) is 6.80. The van der Waals surface area contributed by atoms with E-state index in [1.807, 2.05) is 0 Å². The van der Waals surface area contributed by atoms with Gasteiger partial charge < -0.3 is 9.84 Å². The molecule has 0 aliphatic heterocycles. The zero-order valence-electron chi connectivity index (χ0n) is 9.97. The fourth-order valence-corrected chi connectivity index (χ4v) is 2.33. The first kappa shape index (κ1) is 15.0. The zero-order valence-corrected chi connectivity index (χ0v) is 12.4. The lowest BCUT2D eigenvalue weighted by atomic mass is 10.2. The van der Waals surface area contributed by atoms with Crippen LogP contribution in [-0.4, -0.2) is 28.9 Å². The molecule has 18 heavy (non-hydrogen) atoms. The highest BCUT2D eigenvalue weighted by molar-refractivity contribution is 9.10. The van der Waals surface area contributed by atoms with Crippen molar-refractivity contribution in [2.45, 2.75) is 24.8 Å². The molecule has 0 aliphatic carbocycles. The summed E-state index contributed by atoms with van der Waals surface area (Å²) in [6.45, 7) is 3.56. The zero-order chi connectivity index (χ0) is 13.7. The highest BCUT2D eigenvalue weighted by Gasteiger charge is 2.11. The van der Waals surface area contributed by atoms with Crippen LogP contribution in [-0.2, 0) is 9.53 Å². The number of carboxylic acids is 1. The van der Waals surface area contributed by atoms with Crippen LogP contribution >= 0.6 is 27.7 Å². The molecule has 0 unspecified atom stereocenters. The van der Waals surface area contributed by atoms with E-state index < -0.39 is 5.97 Å². The molecule has 1 aromatic rings. The van der Waals surface area contributed by atoms with Gasteiger partial charge in [0.2, 0.25) is 0 Å². The van der Waals surface area contributed by atoms with Gasteiger partial charge in [0, 0.05) is 9.37 Å². The molecule has 0 radical (unpaired) electrons. The smallest absolute Gasteiger partial charge is 0.336 e. The lowest BCUT2D eigenvalue weighted by Crippen LogP contribution is -2.13. The lowest BCUT2D eigenvalue weighted by Gasteiger charge is -2.08. The van der Waals surface area contributed by atoms with Crippen LogP contribution < -0.4 is 0 Å². The Balaban J connectivity index is 2.66. The number of hydrogen-bond donors (Lipinski definition) is 1. The lowest BCUT2D eigenvalue weighted by molar-refractivity contribution is -0.144. The molecule has 6 heteroatoms. The molecule has 0 heterocycles. The molecule has 1 aromatic carbocycles. The first-order valence-corrected chi connectivity index (χ1v) is 7.03. The molecule has 98 valence electrons. The van der Waals surface area contributed by atoms with Crippen LogP contribution in [0.15, 0.2) is 27.6 Å². The van der Waals surface area contributed by atoms with Gasteiger partial charge in [-0.05, 0) is 48.0 Å². The average molecular weight is 333 g/mol. The van der Waals surface area contributed by atoms with Gasteiger partial charge in [0.1, 0.15) is 0 Å². The van der Waals surface area contributed by atoms with Crippen molar-refractivity contribution in [3.05, 3.63) is 28.2 Å². The number of carbonyl (C=O) groups excluding carboxylic acids is 1. The van der Waals surface area contributed by atoms with Gasteiger partial charge in [-0.2, -0.15) is 0 Å². The number of benzene rings is 1. The topological polar surface area (TPSA) is 63.6 Å². The van der Waals surface area contributed by atoms with Gasteiger partial charge in [0.05, 0.1) is 17.4 Å². The van der Waals surface area contributed by atoms with Crippen LogP contribution in [0, 0.1) is 0 Å². The molecule has 0 atom stereocenters. The fraction of sp³-hybridized carbons (Fsp3) is 0.333. The number of halogens is 1. The van der Waals surface area contributed by atoms with Crippen molar-refractivity contribution in [1.82, 2.24) is 0 Å². The van der Waals surface area contributed by atoms with Gasteiger partial charge in [0.15, 0.2) is 0 Å². The van der Waals surface area contributed by atoms with Crippen LogP contribution in [0.5, 0.6) is 0 Å². The van der Waals surface area contributed by atoms with Crippen molar-refractivity contribution in [1.29, 1.82) is 0 Å². The molecule has 0 aliphatic rings. The minimum atomic E-state index is -1.01. The number of esters is 1. The maximum absolute atomic E-state index is 11.3. The summed E-state index contributed by atoms with van der Waals surface area (Å²) >= 11 is 4.41. The van der Waals surface area contributed by atoms with E-state index in [2.05, 4.69) is 15.9 Å². The van der Waals surface area contributed by atoms with Crippen LogP contribution in [0.2, 0.25) is 0 Å². The summed E-state index contributed by atoms with van der Waals surface area (Å²) in [7, 11) is 0. The first-order valence-electron chi connectivity index (χ1n) is 5.25. The number of hydrogen-bond acceptors (Lipinski definition) is 4. The number of carbonyl (C=O) groups is 2. The number of rotatable bonds is 5. The first-order chi connectivity index (χ1) is 8.40. The third-order valence-corrected chi connectivity index (χ3v) is 3.55. The van der Waals surface area contributed by atoms with E-state index in [-0.39, 0.29) is 23.4 Å². The van der Waals surface area contributed by atoms with Crippen molar-refractivity contribution in [3.63, 3.8) is 0 Å². The van der Waals surface area contributed by atoms with E-state index in [1.54, 1.807) is 26.0 Å². The van der Waals surface area contributed by atoms with E-state index in [9.17, 15) is 9.59 Å². The van der Waals surface area contributed by atoms with Crippen molar-refractivity contribution in [2.24, 2.45) is 0 Å². The predicted octanol–water partition coefficient (Wildman–Crippen LogP) is 3.19. The second-order valence-corrected chi connectivity index (χ2v) is 5.68. The number of ether oxygens (including phenoxy) is 1. The second-order valence-electron chi connectivity index (χ2n) is 3.77. The Morgan fingerprint density at radius 3 is 2.67 bits per heavy atom. The molecular weight excluding hydrogens is 320 g/mol. The molecule has 1 rings (SSSR count). The number of carboxylic acid groups (broad SMARTS) is 1. The standard InChI is InChI=1S/C12H13BrO4S/c1-7(2)17-11(14)6-18-8-3-4-10(13)9(5-8)12(15)16/h3-5,7H,6H2,1-2H3,(H,15,16). The fourth-order valence-electron chi connectivity index (χ4n) is 1.20. The third kappa shape index (κ3) is 4.70. The van der Waals surface area contributed by atoms with E-state index in [0.717, 1.165) is 4.90 Å². The van der Waals surface area contributed by atoms with Gasteiger partial charge in [-0.3, -0.25) is 4.79 Å². The van der Waals surface area contributed by atoms with Gasteiger partial charge >= 0.3 is 11.9 Å². The predicted molar refractivity (Wildman–Crippen MR) is 73.1 cm³/mol. The molecule has 1 N–H and O–H groups in total. The minimum Gasteiger partial charge on any atom is -0.478 e. The van der Waals surface area contributed by atoms with Gasteiger partial charge in [0.25, 0.3) is 0 Å². The molecule has 0 saturated carbocycles. The van der Waals surface area contributed by atoms with E-state index in [4.69, 9.17) is 9.84 Å². The van der Waals surface area contributed by atoms with Gasteiger partial charge in [-0.15, -0.1) is 11.8 Å². The van der Waals surface area contributed by atoms with Crippen molar-refractivity contribution < 1.29 is 19.4 Å². The maximum Gasteiger partial charge on any atom is 0.336 e. The van der Waals surface area contributed by atoms with Crippen molar-refractivity contribution in [2.75, 3.05) is 5.75 Å². The summed E-state index contributed by atoms with van der Waals surface area (Å²) in [4.78, 5) is 23.0. The summed E-state index contributed by atoms with van der Waals surface area (Å²) < 4.78 is 5.51. The average Bonchev–Trinajstić information content (AvgIpc) is 2.26. The summed E-state index contributed by atoms with van der Waals surface area (Å²) in [5, 5.41) is 8.96. The molecule has 0 amide bonds. The van der Waals surface area contributed by atoms with E-state index in [1.165, 1.54) is 17.8 Å². The minimum absolute atomic E-state index is 0.141. The normalized spacial score (nSPS) is 10.4. The van der Waals surface area contributed by atoms with Gasteiger partial charge in [-0.1, -0.05) is 0 Å². The summed E-state index contributed by atoms with van der Waals surface area (Å²) in [6.07, 6.45) is -0.141. The number of thioether (sulfide) groups is 1. The van der Waals surface area contributed by atoms with Crippen LogP contribution in [0.4, 0.5) is 0 Å². The third-order valence-electron chi connectivity index (χ3n) is 1.89. The Bertz CT molecular complexity index is 459. The highest BCUT2D eigenvalue weighted by atomic mass is 79.9. The van der Waals surface area contributed by atoms with E-state index >= 15 is 0 Å². The summed E-state index contributed by atoms with van der Waals surface area (Å²) in [6, 6.07) is 4.93. The molecule has 0 aromatic heterocycles.